The van der Waals surface area contributed by atoms with E-state index in [1.165, 1.54) is 12.3 Å². The molecule has 0 bridgehead atoms. The third-order valence-corrected chi connectivity index (χ3v) is 4.57. The minimum absolute atomic E-state index is 0.140. The molecular formula is C21H21BrN4O4. The fraction of sp³-hybridized carbons (Fsp3) is 0.143. The number of anilines is 1. The van der Waals surface area contributed by atoms with Crippen molar-refractivity contribution >= 4 is 45.6 Å². The fourth-order valence-electron chi connectivity index (χ4n) is 2.18. The highest BCUT2D eigenvalue weighted by Gasteiger charge is 2.10. The predicted molar refractivity (Wildman–Crippen MR) is 118 cm³/mol. The molecule has 30 heavy (non-hydrogen) atoms. The van der Waals surface area contributed by atoms with Gasteiger partial charge in [0, 0.05) is 16.7 Å². The SMILES string of the molecule is C=CCNC(=O)C(=O)N/N=C\c1ccc(OCC(=O)Nc2ccc(Br)c(C)c2)cc1. The molecule has 0 spiro atoms. The van der Waals surface area contributed by atoms with Crippen LogP contribution in [0.2, 0.25) is 0 Å². The zero-order chi connectivity index (χ0) is 21.9. The van der Waals surface area contributed by atoms with Gasteiger partial charge in [-0.3, -0.25) is 14.4 Å². The van der Waals surface area contributed by atoms with E-state index in [1.54, 1.807) is 30.3 Å². The van der Waals surface area contributed by atoms with Gasteiger partial charge in [-0.2, -0.15) is 5.10 Å². The van der Waals surface area contributed by atoms with E-state index in [1.807, 2.05) is 19.1 Å². The first-order valence-corrected chi connectivity index (χ1v) is 9.69. The molecule has 156 valence electrons. The zero-order valence-corrected chi connectivity index (χ0v) is 17.9. The molecular weight excluding hydrogens is 452 g/mol. The summed E-state index contributed by atoms with van der Waals surface area (Å²) in [6.45, 7) is 5.43. The fourth-order valence-corrected chi connectivity index (χ4v) is 2.43. The molecule has 2 aromatic carbocycles. The average molecular weight is 473 g/mol. The maximum Gasteiger partial charge on any atom is 0.329 e. The molecule has 9 heteroatoms. The molecule has 0 aliphatic carbocycles. The lowest BCUT2D eigenvalue weighted by atomic mass is 10.2. The smallest absolute Gasteiger partial charge is 0.329 e. The second-order valence-electron chi connectivity index (χ2n) is 6.07. The van der Waals surface area contributed by atoms with Gasteiger partial charge in [0.2, 0.25) is 0 Å². The first-order valence-electron chi connectivity index (χ1n) is 8.90. The summed E-state index contributed by atoms with van der Waals surface area (Å²) in [5.41, 5.74) is 4.50. The van der Waals surface area contributed by atoms with E-state index in [0.717, 1.165) is 10.0 Å². The molecule has 0 unspecified atom stereocenters. The van der Waals surface area contributed by atoms with Crippen LogP contribution in [0.25, 0.3) is 0 Å². The van der Waals surface area contributed by atoms with E-state index < -0.39 is 11.8 Å². The van der Waals surface area contributed by atoms with Crippen LogP contribution >= 0.6 is 15.9 Å². The molecule has 0 radical (unpaired) electrons. The number of aryl methyl sites for hydroxylation is 1. The van der Waals surface area contributed by atoms with Gasteiger partial charge in [-0.05, 0) is 60.5 Å². The number of carbonyl (C=O) groups is 3. The standard InChI is InChI=1S/C21H21BrN4O4/c1-3-10-23-20(28)21(29)26-24-12-15-4-7-17(8-5-15)30-13-19(27)25-16-6-9-18(22)14(2)11-16/h3-9,11-12H,1,10,13H2,2H3,(H,23,28)(H,25,27)(H,26,29)/b24-12-. The van der Waals surface area contributed by atoms with E-state index in [0.29, 0.717) is 17.0 Å². The summed E-state index contributed by atoms with van der Waals surface area (Å²) in [5, 5.41) is 8.82. The Labute approximate surface area is 182 Å². The van der Waals surface area contributed by atoms with Gasteiger partial charge in [0.15, 0.2) is 6.61 Å². The number of nitrogens with one attached hydrogen (secondary N) is 3. The number of hydrogen-bond donors (Lipinski definition) is 3. The largest absolute Gasteiger partial charge is 0.484 e. The lowest BCUT2D eigenvalue weighted by Gasteiger charge is -2.09. The number of hydrogen-bond acceptors (Lipinski definition) is 5. The first kappa shape index (κ1) is 22.8. The third kappa shape index (κ3) is 7.51. The topological polar surface area (TPSA) is 109 Å². The van der Waals surface area contributed by atoms with Crippen LogP contribution in [0.3, 0.4) is 0 Å². The Morgan fingerprint density at radius 2 is 1.87 bits per heavy atom. The third-order valence-electron chi connectivity index (χ3n) is 3.68. The number of nitrogens with zero attached hydrogens (tertiary/aromatic N) is 1. The summed E-state index contributed by atoms with van der Waals surface area (Å²) in [6, 6.07) is 12.2. The molecule has 8 nitrogen and oxygen atoms in total. The van der Waals surface area contributed by atoms with Gasteiger partial charge >= 0.3 is 11.8 Å². The molecule has 0 atom stereocenters. The first-order chi connectivity index (χ1) is 14.4. The van der Waals surface area contributed by atoms with Gasteiger partial charge in [0.1, 0.15) is 5.75 Å². The monoisotopic (exact) mass is 472 g/mol. The maximum atomic E-state index is 12.0. The summed E-state index contributed by atoms with van der Waals surface area (Å²) < 4.78 is 6.43. The van der Waals surface area contributed by atoms with Crippen LogP contribution in [0.5, 0.6) is 5.75 Å². The van der Waals surface area contributed by atoms with Gasteiger partial charge < -0.3 is 15.4 Å². The van der Waals surface area contributed by atoms with E-state index in [4.69, 9.17) is 4.74 Å². The molecule has 0 saturated heterocycles. The van der Waals surface area contributed by atoms with Gasteiger partial charge in [0.05, 0.1) is 6.21 Å². The second-order valence-corrected chi connectivity index (χ2v) is 6.92. The quantitative estimate of drug-likeness (QED) is 0.237. The lowest BCUT2D eigenvalue weighted by molar-refractivity contribution is -0.139. The molecule has 0 aliphatic heterocycles. The van der Waals surface area contributed by atoms with Crippen molar-refractivity contribution in [2.24, 2.45) is 5.10 Å². The Hall–Kier alpha value is -3.46. The van der Waals surface area contributed by atoms with Crippen LogP contribution in [0.4, 0.5) is 5.69 Å². The van der Waals surface area contributed by atoms with Crippen LogP contribution in [-0.2, 0) is 14.4 Å². The van der Waals surface area contributed by atoms with Crippen molar-refractivity contribution in [2.75, 3.05) is 18.5 Å². The van der Waals surface area contributed by atoms with Gasteiger partial charge in [-0.1, -0.05) is 22.0 Å². The summed E-state index contributed by atoms with van der Waals surface area (Å²) in [6.07, 6.45) is 2.84. The molecule has 2 aromatic rings. The number of amides is 3. The Kier molecular flexibility index (Phi) is 8.76. The minimum Gasteiger partial charge on any atom is -0.484 e. The van der Waals surface area contributed by atoms with Gasteiger partial charge in [0.25, 0.3) is 5.91 Å². The lowest BCUT2D eigenvalue weighted by Crippen LogP contribution is -2.37. The van der Waals surface area contributed by atoms with Crippen molar-refractivity contribution < 1.29 is 19.1 Å². The van der Waals surface area contributed by atoms with Gasteiger partial charge in [-0.15, -0.1) is 6.58 Å². The number of hydrazone groups is 1. The Morgan fingerprint density at radius 1 is 1.13 bits per heavy atom. The highest BCUT2D eigenvalue weighted by molar-refractivity contribution is 9.10. The van der Waals surface area contributed by atoms with Crippen molar-refractivity contribution in [3.8, 4) is 5.75 Å². The van der Waals surface area contributed by atoms with Crippen molar-refractivity contribution in [3.63, 3.8) is 0 Å². The van der Waals surface area contributed by atoms with Crippen molar-refractivity contribution in [2.45, 2.75) is 6.92 Å². The predicted octanol–water partition coefficient (Wildman–Crippen LogP) is 2.53. The maximum absolute atomic E-state index is 12.0. The number of carbonyl (C=O) groups excluding carboxylic acids is 3. The van der Waals surface area contributed by atoms with Crippen LogP contribution in [0, 0.1) is 6.92 Å². The summed E-state index contributed by atoms with van der Waals surface area (Å²) in [7, 11) is 0. The van der Waals surface area contributed by atoms with Gasteiger partial charge in [-0.25, -0.2) is 5.43 Å². The highest BCUT2D eigenvalue weighted by Crippen LogP contribution is 2.20. The molecule has 0 aromatic heterocycles. The summed E-state index contributed by atoms with van der Waals surface area (Å²) in [4.78, 5) is 34.9. The van der Waals surface area contributed by atoms with Crippen LogP contribution in [0.15, 0.2) is 64.7 Å². The minimum atomic E-state index is -0.875. The molecule has 3 amide bonds. The van der Waals surface area contributed by atoms with Crippen molar-refractivity contribution in [1.29, 1.82) is 0 Å². The molecule has 0 saturated carbocycles. The van der Waals surface area contributed by atoms with Crippen molar-refractivity contribution in [1.82, 2.24) is 10.7 Å². The molecule has 0 fully saturated rings. The highest BCUT2D eigenvalue weighted by atomic mass is 79.9. The summed E-state index contributed by atoms with van der Waals surface area (Å²) >= 11 is 3.41. The number of ether oxygens (including phenoxy) is 1. The molecule has 2 rings (SSSR count). The van der Waals surface area contributed by atoms with E-state index in [9.17, 15) is 14.4 Å². The Balaban J connectivity index is 1.79. The van der Waals surface area contributed by atoms with Crippen LogP contribution in [0.1, 0.15) is 11.1 Å². The summed E-state index contributed by atoms with van der Waals surface area (Å²) in [5.74, 6) is -1.45. The van der Waals surface area contributed by atoms with Crippen LogP contribution < -0.4 is 20.8 Å². The number of halogens is 1. The Bertz CT molecular complexity index is 958. The molecule has 0 aliphatic rings. The normalized spacial score (nSPS) is 10.3. The zero-order valence-electron chi connectivity index (χ0n) is 16.3. The van der Waals surface area contributed by atoms with E-state index >= 15 is 0 Å². The van der Waals surface area contributed by atoms with Crippen molar-refractivity contribution in [3.05, 3.63) is 70.7 Å². The number of benzene rings is 2. The van der Waals surface area contributed by atoms with Crippen LogP contribution in [-0.4, -0.2) is 37.1 Å². The Morgan fingerprint density at radius 3 is 2.53 bits per heavy atom. The molecule has 3 N–H and O–H groups in total. The second kappa shape index (κ2) is 11.5. The number of rotatable bonds is 8. The molecule has 0 heterocycles. The van der Waals surface area contributed by atoms with E-state index in [2.05, 4.69) is 43.7 Å². The van der Waals surface area contributed by atoms with E-state index in [-0.39, 0.29) is 19.1 Å². The average Bonchev–Trinajstić information content (AvgIpc) is 2.74.